The molecular weight excluding hydrogens is 369 g/mol. The van der Waals surface area contributed by atoms with Crippen molar-refractivity contribution in [2.75, 3.05) is 13.1 Å². The van der Waals surface area contributed by atoms with Gasteiger partial charge in [0.05, 0.1) is 5.56 Å². The molecule has 1 saturated heterocycles. The number of likely N-dealkylation sites (tertiary alicyclic amines) is 1. The van der Waals surface area contributed by atoms with Crippen LogP contribution in [0.3, 0.4) is 0 Å². The SMILES string of the molecule is CC(C)(C)C(=O)N1CCCC1C(=O)NCC(C)(C)c1cccc(C(F)(F)F)c1. The maximum Gasteiger partial charge on any atom is 0.416 e. The fourth-order valence-corrected chi connectivity index (χ4v) is 3.36. The minimum atomic E-state index is -4.41. The molecule has 7 heteroatoms. The minimum Gasteiger partial charge on any atom is -0.353 e. The van der Waals surface area contributed by atoms with Crippen molar-refractivity contribution >= 4 is 11.8 Å². The Morgan fingerprint density at radius 3 is 2.29 bits per heavy atom. The number of nitrogens with one attached hydrogen (secondary N) is 1. The zero-order valence-corrected chi connectivity index (χ0v) is 17.1. The standard InChI is InChI=1S/C21H29F3N2O2/c1-19(2,3)18(28)26-11-7-10-16(26)17(27)25-13-20(4,5)14-8-6-9-15(12-14)21(22,23)24/h6,8-9,12,16H,7,10-11,13H2,1-5H3,(H,25,27). The molecule has 0 aliphatic carbocycles. The van der Waals surface area contributed by atoms with E-state index in [0.717, 1.165) is 18.6 Å². The van der Waals surface area contributed by atoms with Gasteiger partial charge in [-0.2, -0.15) is 13.2 Å². The van der Waals surface area contributed by atoms with Gasteiger partial charge in [-0.05, 0) is 24.5 Å². The van der Waals surface area contributed by atoms with Crippen LogP contribution in [0, 0.1) is 5.41 Å². The summed E-state index contributed by atoms with van der Waals surface area (Å²) in [7, 11) is 0. The van der Waals surface area contributed by atoms with Gasteiger partial charge in [0, 0.05) is 23.9 Å². The van der Waals surface area contributed by atoms with Crippen LogP contribution in [0.5, 0.6) is 0 Å². The molecule has 1 aliphatic heterocycles. The smallest absolute Gasteiger partial charge is 0.353 e. The maximum atomic E-state index is 13.0. The molecule has 1 heterocycles. The monoisotopic (exact) mass is 398 g/mol. The van der Waals surface area contributed by atoms with Crippen LogP contribution in [0.15, 0.2) is 24.3 Å². The topological polar surface area (TPSA) is 49.4 Å². The van der Waals surface area contributed by atoms with Gasteiger partial charge in [0.15, 0.2) is 0 Å². The molecule has 0 radical (unpaired) electrons. The molecule has 2 amide bonds. The Kier molecular flexibility index (Phi) is 6.16. The van der Waals surface area contributed by atoms with Crippen LogP contribution in [0.1, 0.15) is 58.6 Å². The number of nitrogens with zero attached hydrogens (tertiary/aromatic N) is 1. The van der Waals surface area contributed by atoms with Crippen LogP contribution >= 0.6 is 0 Å². The van der Waals surface area contributed by atoms with Crippen molar-refractivity contribution in [2.24, 2.45) is 5.41 Å². The van der Waals surface area contributed by atoms with Crippen LogP contribution in [0.2, 0.25) is 0 Å². The zero-order chi connectivity index (χ0) is 21.3. The fraction of sp³-hybridized carbons (Fsp3) is 0.619. The highest BCUT2D eigenvalue weighted by Crippen LogP contribution is 2.33. The lowest BCUT2D eigenvalue weighted by Crippen LogP contribution is -2.51. The summed E-state index contributed by atoms with van der Waals surface area (Å²) in [6.07, 6.45) is -3.05. The number of rotatable bonds is 4. The number of halogens is 3. The van der Waals surface area contributed by atoms with Crippen molar-refractivity contribution in [3.63, 3.8) is 0 Å². The molecule has 1 aromatic carbocycles. The van der Waals surface area contributed by atoms with E-state index < -0.39 is 28.6 Å². The molecule has 1 unspecified atom stereocenters. The summed E-state index contributed by atoms with van der Waals surface area (Å²) in [5.41, 5.74) is -1.46. The Labute approximate surface area is 164 Å². The molecule has 4 nitrogen and oxygen atoms in total. The summed E-state index contributed by atoms with van der Waals surface area (Å²) < 4.78 is 38.9. The van der Waals surface area contributed by atoms with E-state index in [1.165, 1.54) is 6.07 Å². The fourth-order valence-electron chi connectivity index (χ4n) is 3.36. The zero-order valence-electron chi connectivity index (χ0n) is 17.1. The second kappa shape index (κ2) is 7.76. The molecular formula is C21H29F3N2O2. The second-order valence-corrected chi connectivity index (χ2v) is 9.09. The van der Waals surface area contributed by atoms with Crippen LogP contribution in [-0.4, -0.2) is 35.8 Å². The molecule has 1 fully saturated rings. The van der Waals surface area contributed by atoms with Crippen LogP contribution in [-0.2, 0) is 21.2 Å². The first-order valence-corrected chi connectivity index (χ1v) is 9.50. The molecule has 28 heavy (non-hydrogen) atoms. The van der Waals surface area contributed by atoms with E-state index in [4.69, 9.17) is 0 Å². The lowest BCUT2D eigenvalue weighted by molar-refractivity contribution is -0.144. The van der Waals surface area contributed by atoms with E-state index in [1.54, 1.807) is 24.8 Å². The number of hydrogen-bond donors (Lipinski definition) is 1. The highest BCUT2D eigenvalue weighted by Gasteiger charge is 2.39. The molecule has 0 spiro atoms. The first kappa shape index (κ1) is 22.2. The van der Waals surface area contributed by atoms with Crippen LogP contribution < -0.4 is 5.32 Å². The molecule has 0 aromatic heterocycles. The summed E-state index contributed by atoms with van der Waals surface area (Å²) in [5.74, 6) is -0.322. The van der Waals surface area contributed by atoms with E-state index in [9.17, 15) is 22.8 Å². The highest BCUT2D eigenvalue weighted by molar-refractivity contribution is 5.90. The van der Waals surface area contributed by atoms with Crippen molar-refractivity contribution in [3.8, 4) is 0 Å². The van der Waals surface area contributed by atoms with Crippen LogP contribution in [0.25, 0.3) is 0 Å². The quantitative estimate of drug-likeness (QED) is 0.829. The van der Waals surface area contributed by atoms with E-state index >= 15 is 0 Å². The van der Waals surface area contributed by atoms with Crippen molar-refractivity contribution in [2.45, 2.75) is 65.1 Å². The van der Waals surface area contributed by atoms with Gasteiger partial charge in [-0.25, -0.2) is 0 Å². The molecule has 2 rings (SSSR count). The third kappa shape index (κ3) is 5.06. The summed E-state index contributed by atoms with van der Waals surface area (Å²) in [6, 6.07) is 4.64. The van der Waals surface area contributed by atoms with Gasteiger partial charge < -0.3 is 10.2 Å². The molecule has 1 atom stereocenters. The van der Waals surface area contributed by atoms with E-state index in [0.29, 0.717) is 18.5 Å². The average Bonchev–Trinajstić information content (AvgIpc) is 3.07. The number of amides is 2. The van der Waals surface area contributed by atoms with Gasteiger partial charge in [-0.15, -0.1) is 0 Å². The number of carbonyl (C=O) groups excluding carboxylic acids is 2. The van der Waals surface area contributed by atoms with Gasteiger partial charge in [0.2, 0.25) is 11.8 Å². The Morgan fingerprint density at radius 2 is 1.71 bits per heavy atom. The normalized spacial score (nSPS) is 18.3. The van der Waals surface area contributed by atoms with Crippen molar-refractivity contribution in [1.82, 2.24) is 10.2 Å². The van der Waals surface area contributed by atoms with Gasteiger partial charge in [-0.3, -0.25) is 9.59 Å². The van der Waals surface area contributed by atoms with Crippen molar-refractivity contribution < 1.29 is 22.8 Å². The van der Waals surface area contributed by atoms with Crippen LogP contribution in [0.4, 0.5) is 13.2 Å². The van der Waals surface area contributed by atoms with Crippen molar-refractivity contribution in [3.05, 3.63) is 35.4 Å². The highest BCUT2D eigenvalue weighted by atomic mass is 19.4. The second-order valence-electron chi connectivity index (χ2n) is 9.09. The largest absolute Gasteiger partial charge is 0.416 e. The van der Waals surface area contributed by atoms with Gasteiger partial charge in [0.1, 0.15) is 6.04 Å². The third-order valence-electron chi connectivity index (χ3n) is 5.13. The third-order valence-corrected chi connectivity index (χ3v) is 5.13. The Bertz CT molecular complexity index is 736. The Balaban J connectivity index is 2.08. The molecule has 0 saturated carbocycles. The number of carbonyl (C=O) groups is 2. The van der Waals surface area contributed by atoms with Gasteiger partial charge in [0.25, 0.3) is 0 Å². The minimum absolute atomic E-state index is 0.0673. The molecule has 0 bridgehead atoms. The number of benzene rings is 1. The number of alkyl halides is 3. The summed E-state index contributed by atoms with van der Waals surface area (Å²) >= 11 is 0. The van der Waals surface area contributed by atoms with Gasteiger partial charge in [-0.1, -0.05) is 52.8 Å². The number of hydrogen-bond acceptors (Lipinski definition) is 2. The average molecular weight is 398 g/mol. The van der Waals surface area contributed by atoms with Crippen molar-refractivity contribution in [1.29, 1.82) is 0 Å². The lowest BCUT2D eigenvalue weighted by Gasteiger charge is -2.32. The van der Waals surface area contributed by atoms with E-state index in [2.05, 4.69) is 5.32 Å². The molecule has 156 valence electrons. The molecule has 1 aromatic rings. The molecule has 1 aliphatic rings. The summed E-state index contributed by atoms with van der Waals surface area (Å²) in [4.78, 5) is 26.9. The Morgan fingerprint density at radius 1 is 1.11 bits per heavy atom. The Hall–Kier alpha value is -2.05. The van der Waals surface area contributed by atoms with E-state index in [1.807, 2.05) is 20.8 Å². The van der Waals surface area contributed by atoms with Gasteiger partial charge >= 0.3 is 6.18 Å². The first-order chi connectivity index (χ1) is 12.7. The predicted octanol–water partition coefficient (Wildman–Crippen LogP) is 4.14. The predicted molar refractivity (Wildman–Crippen MR) is 102 cm³/mol. The maximum absolute atomic E-state index is 13.0. The summed E-state index contributed by atoms with van der Waals surface area (Å²) in [6.45, 7) is 9.76. The lowest BCUT2D eigenvalue weighted by atomic mass is 9.83. The molecule has 1 N–H and O–H groups in total. The van der Waals surface area contributed by atoms with E-state index in [-0.39, 0.29) is 18.4 Å². The first-order valence-electron chi connectivity index (χ1n) is 9.50. The summed E-state index contributed by atoms with van der Waals surface area (Å²) in [5, 5.41) is 2.84.